The maximum Gasteiger partial charge on any atom is 0.370 e. The standard InChI is InChI=1S/C8H10F4O11S4/c1-3-21-5(24(9,13)14)7(26(11,17)18)23-8(27(12,19)20)6(22-4-2)25(10,15)16/h3-4H2,1-2H3. The summed E-state index contributed by atoms with van der Waals surface area (Å²) in [5.41, 5.74) is 0. The summed E-state index contributed by atoms with van der Waals surface area (Å²) in [6.07, 6.45) is 0. The maximum atomic E-state index is 13.3. The van der Waals surface area contributed by atoms with E-state index in [2.05, 4.69) is 14.2 Å². The molecule has 160 valence electrons. The van der Waals surface area contributed by atoms with Crippen LogP contribution < -0.4 is 0 Å². The molecule has 19 heteroatoms. The lowest BCUT2D eigenvalue weighted by Crippen LogP contribution is -2.18. The van der Waals surface area contributed by atoms with Crippen molar-refractivity contribution < 1.29 is 63.4 Å². The zero-order valence-corrected chi connectivity index (χ0v) is 16.3. The van der Waals surface area contributed by atoms with Crippen LogP contribution in [-0.2, 0) is 55.1 Å². The number of rotatable bonds is 10. The van der Waals surface area contributed by atoms with Gasteiger partial charge < -0.3 is 14.2 Å². The molecular weight excluding hydrogens is 476 g/mol. The summed E-state index contributed by atoms with van der Waals surface area (Å²) in [6, 6.07) is 0. The smallest absolute Gasteiger partial charge is 0.370 e. The summed E-state index contributed by atoms with van der Waals surface area (Å²) >= 11 is 0. The van der Waals surface area contributed by atoms with Crippen LogP contribution in [0.3, 0.4) is 0 Å². The molecule has 0 unspecified atom stereocenters. The highest BCUT2D eigenvalue weighted by atomic mass is 32.3. The molecule has 0 saturated carbocycles. The minimum Gasteiger partial charge on any atom is -0.478 e. The highest BCUT2D eigenvalue weighted by Crippen LogP contribution is 2.31. The van der Waals surface area contributed by atoms with Gasteiger partial charge >= 0.3 is 61.3 Å². The molecule has 0 aromatic carbocycles. The lowest BCUT2D eigenvalue weighted by atomic mass is 10.8. The van der Waals surface area contributed by atoms with Crippen molar-refractivity contribution in [2.75, 3.05) is 13.2 Å². The van der Waals surface area contributed by atoms with Crippen molar-refractivity contribution in [3.8, 4) is 0 Å². The Kier molecular flexibility index (Phi) is 8.10. The Balaban J connectivity index is 7.28. The van der Waals surface area contributed by atoms with Crippen molar-refractivity contribution in [2.45, 2.75) is 13.8 Å². The Morgan fingerprint density at radius 1 is 0.556 bits per heavy atom. The van der Waals surface area contributed by atoms with Gasteiger partial charge in [0.1, 0.15) is 0 Å². The summed E-state index contributed by atoms with van der Waals surface area (Å²) in [5.74, 6) is 0. The molecule has 11 nitrogen and oxygen atoms in total. The first-order valence-corrected chi connectivity index (χ1v) is 11.6. The van der Waals surface area contributed by atoms with Crippen molar-refractivity contribution in [1.29, 1.82) is 0 Å². The summed E-state index contributed by atoms with van der Waals surface area (Å²) in [7, 11) is -25.7. The maximum absolute atomic E-state index is 13.3. The molecule has 0 N–H and O–H groups in total. The average Bonchev–Trinajstić information content (AvgIpc) is 2.40. The van der Waals surface area contributed by atoms with E-state index in [1.807, 2.05) is 0 Å². The molecule has 0 bridgehead atoms. The second-order valence-electron chi connectivity index (χ2n) is 3.87. The summed E-state index contributed by atoms with van der Waals surface area (Å²) in [5, 5.41) is -10.7. The fourth-order valence-electron chi connectivity index (χ4n) is 1.19. The first kappa shape index (κ1) is 25.4. The van der Waals surface area contributed by atoms with E-state index in [0.717, 1.165) is 13.8 Å². The van der Waals surface area contributed by atoms with Crippen molar-refractivity contribution in [3.05, 3.63) is 20.4 Å². The zero-order valence-electron chi connectivity index (χ0n) is 13.0. The lowest BCUT2D eigenvalue weighted by molar-refractivity contribution is 0.205. The molecule has 0 atom stereocenters. The third kappa shape index (κ3) is 7.50. The van der Waals surface area contributed by atoms with Crippen LogP contribution >= 0.6 is 0 Å². The number of halogens is 4. The minimum atomic E-state index is -6.54. The lowest BCUT2D eigenvalue weighted by Gasteiger charge is -2.13. The topological polar surface area (TPSA) is 164 Å². The molecule has 0 aliphatic rings. The normalized spacial score (nSPS) is 15.5. The van der Waals surface area contributed by atoms with E-state index in [0.29, 0.717) is 0 Å². The molecule has 0 aromatic heterocycles. The Hall–Kier alpha value is -1.60. The largest absolute Gasteiger partial charge is 0.478 e. The van der Waals surface area contributed by atoms with Gasteiger partial charge in [-0.15, -0.1) is 0 Å². The molecule has 0 aliphatic heterocycles. The Bertz CT molecular complexity index is 965. The average molecular weight is 486 g/mol. The van der Waals surface area contributed by atoms with Crippen LogP contribution in [-0.4, -0.2) is 46.9 Å². The van der Waals surface area contributed by atoms with Gasteiger partial charge in [-0.05, 0) is 13.8 Å². The highest BCUT2D eigenvalue weighted by Gasteiger charge is 2.41. The first-order chi connectivity index (χ1) is 11.9. The third-order valence-corrected chi connectivity index (χ3v) is 5.13. The minimum absolute atomic E-state index is 0.873. The second-order valence-corrected chi connectivity index (χ2v) is 8.86. The second kappa shape index (κ2) is 8.61. The molecule has 0 fully saturated rings. The number of hydrogen-bond donors (Lipinski definition) is 0. The van der Waals surface area contributed by atoms with Crippen molar-refractivity contribution in [3.63, 3.8) is 0 Å². The Morgan fingerprint density at radius 2 is 0.778 bits per heavy atom. The van der Waals surface area contributed by atoms with Gasteiger partial charge in [0, 0.05) is 0 Å². The van der Waals surface area contributed by atoms with Crippen LogP contribution in [0.25, 0.3) is 0 Å². The van der Waals surface area contributed by atoms with Crippen LogP contribution in [0, 0.1) is 0 Å². The van der Waals surface area contributed by atoms with E-state index in [1.165, 1.54) is 0 Å². The van der Waals surface area contributed by atoms with Crippen molar-refractivity contribution in [2.24, 2.45) is 0 Å². The highest BCUT2D eigenvalue weighted by molar-refractivity contribution is 7.95. The van der Waals surface area contributed by atoms with Crippen LogP contribution in [0.2, 0.25) is 0 Å². The molecule has 0 amide bonds. The summed E-state index contributed by atoms with van der Waals surface area (Å²) in [6.45, 7) is 0.103. The van der Waals surface area contributed by atoms with Crippen LogP contribution in [0.15, 0.2) is 20.4 Å². The summed E-state index contributed by atoms with van der Waals surface area (Å²) < 4.78 is 152. The van der Waals surface area contributed by atoms with Gasteiger partial charge in [0.2, 0.25) is 0 Å². The molecule has 0 radical (unpaired) electrons. The van der Waals surface area contributed by atoms with Crippen molar-refractivity contribution >= 4 is 40.9 Å². The van der Waals surface area contributed by atoms with Crippen molar-refractivity contribution in [1.82, 2.24) is 0 Å². The molecule has 0 aliphatic carbocycles. The number of ether oxygens (including phenoxy) is 3. The van der Waals surface area contributed by atoms with E-state index in [1.54, 1.807) is 0 Å². The van der Waals surface area contributed by atoms with Gasteiger partial charge in [0.25, 0.3) is 0 Å². The molecule has 0 spiro atoms. The monoisotopic (exact) mass is 486 g/mol. The SMILES string of the molecule is CCOC(=C(OC(=C(OCC)S(=O)(=O)F)S(=O)(=O)F)S(=O)(=O)F)S(=O)(=O)F. The molecule has 0 rings (SSSR count). The van der Waals surface area contributed by atoms with E-state index in [4.69, 9.17) is 0 Å². The molecule has 0 saturated heterocycles. The van der Waals surface area contributed by atoms with E-state index in [9.17, 15) is 49.2 Å². The predicted molar refractivity (Wildman–Crippen MR) is 78.5 cm³/mol. The Morgan fingerprint density at radius 3 is 0.926 bits per heavy atom. The van der Waals surface area contributed by atoms with Gasteiger partial charge in [0.05, 0.1) is 13.2 Å². The van der Waals surface area contributed by atoms with Gasteiger partial charge in [-0.25, -0.2) is 0 Å². The van der Waals surface area contributed by atoms with Gasteiger partial charge in [-0.2, -0.15) is 33.7 Å². The fraction of sp³-hybridized carbons (Fsp3) is 0.500. The van der Waals surface area contributed by atoms with Gasteiger partial charge in [-0.3, -0.25) is 0 Å². The third-order valence-electron chi connectivity index (χ3n) is 1.96. The predicted octanol–water partition coefficient (Wildman–Crippen LogP) is 0.526. The van der Waals surface area contributed by atoms with E-state index < -0.39 is 74.5 Å². The molecule has 0 aromatic rings. The van der Waals surface area contributed by atoms with E-state index in [-0.39, 0.29) is 0 Å². The molecule has 0 heterocycles. The zero-order chi connectivity index (χ0) is 21.8. The van der Waals surface area contributed by atoms with E-state index >= 15 is 0 Å². The van der Waals surface area contributed by atoms with Gasteiger partial charge in [0.15, 0.2) is 0 Å². The fourth-order valence-corrected chi connectivity index (χ4v) is 4.31. The molecule has 27 heavy (non-hydrogen) atoms. The van der Waals surface area contributed by atoms with Crippen LogP contribution in [0.1, 0.15) is 13.8 Å². The van der Waals surface area contributed by atoms with Gasteiger partial charge in [-0.1, -0.05) is 15.5 Å². The van der Waals surface area contributed by atoms with Crippen LogP contribution in [0.4, 0.5) is 15.5 Å². The van der Waals surface area contributed by atoms with Crippen LogP contribution in [0.5, 0.6) is 0 Å². The quantitative estimate of drug-likeness (QED) is 0.240. The first-order valence-electron chi connectivity index (χ1n) is 6.08. The number of hydrogen-bond acceptors (Lipinski definition) is 11. The Labute approximate surface area is 152 Å². The molecular formula is C8H10F4O11S4. The summed E-state index contributed by atoms with van der Waals surface area (Å²) in [4.78, 5) is 0.